The van der Waals surface area contributed by atoms with Crippen LogP contribution < -0.4 is 5.32 Å². The van der Waals surface area contributed by atoms with Crippen molar-refractivity contribution in [2.75, 3.05) is 11.9 Å². The number of amides is 2. The molecule has 1 aliphatic rings. The Labute approximate surface area is 144 Å². The van der Waals surface area contributed by atoms with E-state index in [2.05, 4.69) is 5.32 Å². The molecule has 1 unspecified atom stereocenters. The van der Waals surface area contributed by atoms with Gasteiger partial charge in [-0.1, -0.05) is 12.1 Å². The summed E-state index contributed by atoms with van der Waals surface area (Å²) in [6.07, 6.45) is 2.41. The lowest BCUT2D eigenvalue weighted by molar-refractivity contribution is -0.121. The molecule has 126 valence electrons. The van der Waals surface area contributed by atoms with Crippen LogP contribution >= 0.6 is 11.3 Å². The predicted octanol–water partition coefficient (Wildman–Crippen LogP) is 3.83. The second-order valence-corrected chi connectivity index (χ2v) is 6.88. The molecule has 0 aliphatic carbocycles. The number of nitrogens with zero attached hydrogens (tertiary/aromatic N) is 1. The first-order chi connectivity index (χ1) is 11.6. The maximum Gasteiger partial charge on any atom is 0.264 e. The summed E-state index contributed by atoms with van der Waals surface area (Å²) >= 11 is 1.37. The van der Waals surface area contributed by atoms with Crippen molar-refractivity contribution in [2.45, 2.75) is 32.2 Å². The van der Waals surface area contributed by atoms with Gasteiger partial charge < -0.3 is 10.2 Å². The van der Waals surface area contributed by atoms with Gasteiger partial charge in [-0.05, 0) is 55.3 Å². The van der Waals surface area contributed by atoms with Gasteiger partial charge in [-0.2, -0.15) is 0 Å². The van der Waals surface area contributed by atoms with Gasteiger partial charge in [0.05, 0.1) is 4.88 Å². The van der Waals surface area contributed by atoms with Crippen LogP contribution in [0, 0.1) is 12.7 Å². The van der Waals surface area contributed by atoms with E-state index < -0.39 is 11.9 Å². The molecule has 4 nitrogen and oxygen atoms in total. The summed E-state index contributed by atoms with van der Waals surface area (Å²) in [5, 5.41) is 4.63. The van der Waals surface area contributed by atoms with Gasteiger partial charge in [0, 0.05) is 12.2 Å². The zero-order chi connectivity index (χ0) is 17.1. The van der Waals surface area contributed by atoms with Crippen LogP contribution in [0.4, 0.5) is 10.1 Å². The van der Waals surface area contributed by atoms with Crippen LogP contribution in [-0.4, -0.2) is 29.3 Å². The highest BCUT2D eigenvalue weighted by Crippen LogP contribution is 2.24. The van der Waals surface area contributed by atoms with E-state index in [0.29, 0.717) is 23.5 Å². The average Bonchev–Trinajstić information content (AvgIpc) is 3.12. The lowest BCUT2D eigenvalue weighted by Crippen LogP contribution is -2.49. The van der Waals surface area contributed by atoms with Crippen LogP contribution in [0.15, 0.2) is 35.7 Å². The van der Waals surface area contributed by atoms with E-state index in [1.807, 2.05) is 18.4 Å². The number of carbonyl (C=O) groups is 2. The number of piperidine rings is 1. The van der Waals surface area contributed by atoms with Crippen molar-refractivity contribution in [3.05, 3.63) is 52.0 Å². The van der Waals surface area contributed by atoms with Crippen molar-refractivity contribution in [3.8, 4) is 0 Å². The van der Waals surface area contributed by atoms with Gasteiger partial charge in [0.25, 0.3) is 5.91 Å². The fourth-order valence-corrected chi connectivity index (χ4v) is 3.61. The summed E-state index contributed by atoms with van der Waals surface area (Å²) < 4.78 is 13.4. The molecule has 2 aromatic rings. The number of halogens is 1. The molecule has 1 atom stereocenters. The molecule has 24 heavy (non-hydrogen) atoms. The minimum atomic E-state index is -0.518. The van der Waals surface area contributed by atoms with Crippen molar-refractivity contribution in [1.82, 2.24) is 4.90 Å². The SMILES string of the molecule is Cc1ccc(F)cc1NC(=O)C1CCCCN1C(=O)c1cccs1. The molecular formula is C18H19FN2O2S. The van der Waals surface area contributed by atoms with E-state index in [-0.39, 0.29) is 11.8 Å². The number of anilines is 1. The predicted molar refractivity (Wildman–Crippen MR) is 92.8 cm³/mol. The number of likely N-dealkylation sites (tertiary alicyclic amines) is 1. The van der Waals surface area contributed by atoms with Crippen LogP contribution in [0.25, 0.3) is 0 Å². The lowest BCUT2D eigenvalue weighted by atomic mass is 10.0. The van der Waals surface area contributed by atoms with Crippen LogP contribution in [0.2, 0.25) is 0 Å². The van der Waals surface area contributed by atoms with Gasteiger partial charge in [0.1, 0.15) is 11.9 Å². The highest BCUT2D eigenvalue weighted by atomic mass is 32.1. The van der Waals surface area contributed by atoms with Crippen molar-refractivity contribution in [2.24, 2.45) is 0 Å². The molecule has 1 aliphatic heterocycles. The maximum atomic E-state index is 13.4. The highest BCUT2D eigenvalue weighted by Gasteiger charge is 2.33. The number of rotatable bonds is 3. The van der Waals surface area contributed by atoms with Crippen LogP contribution in [0.3, 0.4) is 0 Å². The van der Waals surface area contributed by atoms with Gasteiger partial charge in [-0.25, -0.2) is 4.39 Å². The first kappa shape index (κ1) is 16.6. The monoisotopic (exact) mass is 346 g/mol. The quantitative estimate of drug-likeness (QED) is 0.918. The number of benzene rings is 1. The summed E-state index contributed by atoms with van der Waals surface area (Å²) in [6.45, 7) is 2.38. The van der Waals surface area contributed by atoms with Crippen molar-refractivity contribution in [3.63, 3.8) is 0 Å². The summed E-state index contributed by atoms with van der Waals surface area (Å²) in [4.78, 5) is 27.6. The van der Waals surface area contributed by atoms with Gasteiger partial charge in [-0.15, -0.1) is 11.3 Å². The Hall–Kier alpha value is -2.21. The fraction of sp³-hybridized carbons (Fsp3) is 0.333. The summed E-state index contributed by atoms with van der Waals surface area (Å²) in [5.41, 5.74) is 1.24. The van der Waals surface area contributed by atoms with Crippen molar-refractivity contribution in [1.29, 1.82) is 0 Å². The molecule has 0 radical (unpaired) electrons. The zero-order valence-electron chi connectivity index (χ0n) is 13.4. The number of carbonyl (C=O) groups excluding carboxylic acids is 2. The van der Waals surface area contributed by atoms with E-state index in [9.17, 15) is 14.0 Å². The van der Waals surface area contributed by atoms with E-state index in [0.717, 1.165) is 18.4 Å². The molecular weight excluding hydrogens is 327 g/mol. The average molecular weight is 346 g/mol. The van der Waals surface area contributed by atoms with Crippen LogP contribution in [0.5, 0.6) is 0 Å². The molecule has 1 aromatic carbocycles. The second kappa shape index (κ2) is 7.13. The minimum absolute atomic E-state index is 0.110. The van der Waals surface area contributed by atoms with E-state index in [1.54, 1.807) is 17.0 Å². The molecule has 1 aromatic heterocycles. The Morgan fingerprint density at radius 2 is 2.12 bits per heavy atom. The molecule has 2 heterocycles. The molecule has 0 spiro atoms. The number of thiophene rings is 1. The zero-order valence-corrected chi connectivity index (χ0v) is 14.2. The Balaban J connectivity index is 1.78. The first-order valence-corrected chi connectivity index (χ1v) is 8.86. The van der Waals surface area contributed by atoms with Crippen LogP contribution in [-0.2, 0) is 4.79 Å². The molecule has 2 amide bonds. The lowest BCUT2D eigenvalue weighted by Gasteiger charge is -2.34. The molecule has 3 rings (SSSR count). The number of hydrogen-bond donors (Lipinski definition) is 1. The Kier molecular flexibility index (Phi) is 4.94. The molecule has 1 N–H and O–H groups in total. The fourth-order valence-electron chi connectivity index (χ4n) is 2.93. The molecule has 1 saturated heterocycles. The maximum absolute atomic E-state index is 13.4. The molecule has 6 heteroatoms. The normalized spacial score (nSPS) is 17.6. The topological polar surface area (TPSA) is 49.4 Å². The Morgan fingerprint density at radius 1 is 1.29 bits per heavy atom. The van der Waals surface area contributed by atoms with Crippen molar-refractivity contribution < 1.29 is 14.0 Å². The largest absolute Gasteiger partial charge is 0.326 e. The third kappa shape index (κ3) is 3.48. The summed E-state index contributed by atoms with van der Waals surface area (Å²) in [7, 11) is 0. The summed E-state index contributed by atoms with van der Waals surface area (Å²) in [5.74, 6) is -0.764. The van der Waals surface area contributed by atoms with E-state index >= 15 is 0 Å². The van der Waals surface area contributed by atoms with Gasteiger partial charge in [0.2, 0.25) is 5.91 Å². The second-order valence-electron chi connectivity index (χ2n) is 5.94. The minimum Gasteiger partial charge on any atom is -0.326 e. The number of hydrogen-bond acceptors (Lipinski definition) is 3. The molecule has 0 bridgehead atoms. The standard InChI is InChI=1S/C18H19FN2O2S/c1-12-7-8-13(19)11-14(12)20-17(22)15-5-2-3-9-21(15)18(23)16-6-4-10-24-16/h4,6-8,10-11,15H,2-3,5,9H2,1H3,(H,20,22). The molecule has 1 fully saturated rings. The van der Waals surface area contributed by atoms with Crippen molar-refractivity contribution >= 4 is 28.8 Å². The molecule has 0 saturated carbocycles. The highest BCUT2D eigenvalue weighted by molar-refractivity contribution is 7.12. The van der Waals surface area contributed by atoms with E-state index in [4.69, 9.17) is 0 Å². The smallest absolute Gasteiger partial charge is 0.264 e. The van der Waals surface area contributed by atoms with Gasteiger partial charge in [0.15, 0.2) is 0 Å². The number of nitrogens with one attached hydrogen (secondary N) is 1. The van der Waals surface area contributed by atoms with E-state index in [1.165, 1.54) is 23.5 Å². The Bertz CT molecular complexity index is 745. The third-order valence-corrected chi connectivity index (χ3v) is 5.11. The number of aryl methyl sites for hydroxylation is 1. The third-order valence-electron chi connectivity index (χ3n) is 4.26. The van der Waals surface area contributed by atoms with Crippen LogP contribution in [0.1, 0.15) is 34.5 Å². The van der Waals surface area contributed by atoms with Gasteiger partial charge >= 0.3 is 0 Å². The first-order valence-electron chi connectivity index (χ1n) is 7.98. The van der Waals surface area contributed by atoms with Gasteiger partial charge in [-0.3, -0.25) is 9.59 Å². The Morgan fingerprint density at radius 3 is 2.88 bits per heavy atom. The summed E-state index contributed by atoms with van der Waals surface area (Å²) in [6, 6.07) is 7.37.